The Hall–Kier alpha value is -2.83. The second-order valence-electron chi connectivity index (χ2n) is 5.41. The molecule has 26 heavy (non-hydrogen) atoms. The summed E-state index contributed by atoms with van der Waals surface area (Å²) in [6.07, 6.45) is -6.17. The standard InChI is InChI=1S/C19H17F3O4/c1-2-25-18(24)17(14-8-4-3-5-9-14)26-16(23)12-13-7-6-10-15(11-13)19(20,21)22/h3-11,17H,2,12H2,1H3. The highest BCUT2D eigenvalue weighted by atomic mass is 19.4. The maximum absolute atomic E-state index is 12.8. The van der Waals surface area contributed by atoms with Crippen LogP contribution in [0.3, 0.4) is 0 Å². The first-order valence-corrected chi connectivity index (χ1v) is 7.88. The van der Waals surface area contributed by atoms with Gasteiger partial charge in [0.25, 0.3) is 0 Å². The molecule has 0 bridgehead atoms. The van der Waals surface area contributed by atoms with Crippen LogP contribution in [0.4, 0.5) is 13.2 Å². The molecular formula is C19H17F3O4. The molecule has 0 saturated heterocycles. The van der Waals surface area contributed by atoms with Crippen molar-refractivity contribution < 1.29 is 32.2 Å². The molecular weight excluding hydrogens is 349 g/mol. The lowest BCUT2D eigenvalue weighted by atomic mass is 10.1. The third-order valence-electron chi connectivity index (χ3n) is 3.46. The minimum Gasteiger partial charge on any atom is -0.463 e. The highest BCUT2D eigenvalue weighted by Gasteiger charge is 2.31. The van der Waals surface area contributed by atoms with Gasteiger partial charge < -0.3 is 9.47 Å². The van der Waals surface area contributed by atoms with Gasteiger partial charge in [-0.2, -0.15) is 13.2 Å². The number of benzene rings is 2. The number of carbonyl (C=O) groups is 2. The normalized spacial score (nSPS) is 12.3. The van der Waals surface area contributed by atoms with E-state index in [2.05, 4.69) is 0 Å². The zero-order valence-electron chi connectivity index (χ0n) is 14.0. The minimum absolute atomic E-state index is 0.105. The van der Waals surface area contributed by atoms with Gasteiger partial charge in [-0.05, 0) is 18.6 Å². The molecule has 1 unspecified atom stereocenters. The van der Waals surface area contributed by atoms with E-state index in [-0.39, 0.29) is 12.2 Å². The monoisotopic (exact) mass is 366 g/mol. The lowest BCUT2D eigenvalue weighted by Gasteiger charge is -2.17. The molecule has 0 spiro atoms. The van der Waals surface area contributed by atoms with Gasteiger partial charge in [-0.25, -0.2) is 4.79 Å². The van der Waals surface area contributed by atoms with Gasteiger partial charge in [0.15, 0.2) is 0 Å². The molecule has 0 aliphatic heterocycles. The molecule has 2 rings (SSSR count). The first-order valence-electron chi connectivity index (χ1n) is 7.88. The average Bonchev–Trinajstić information content (AvgIpc) is 2.60. The Labute approximate surface area is 148 Å². The van der Waals surface area contributed by atoms with E-state index in [1.807, 2.05) is 0 Å². The quantitative estimate of drug-likeness (QED) is 0.723. The molecule has 4 nitrogen and oxygen atoms in total. The van der Waals surface area contributed by atoms with Crippen molar-refractivity contribution in [1.82, 2.24) is 0 Å². The lowest BCUT2D eigenvalue weighted by molar-refractivity contribution is -0.167. The Kier molecular flexibility index (Phi) is 6.38. The molecule has 1 atom stereocenters. The van der Waals surface area contributed by atoms with Gasteiger partial charge in [0, 0.05) is 5.56 Å². The average molecular weight is 366 g/mol. The molecule has 0 radical (unpaired) electrons. The van der Waals surface area contributed by atoms with Crippen molar-refractivity contribution in [3.8, 4) is 0 Å². The van der Waals surface area contributed by atoms with Crippen molar-refractivity contribution in [2.45, 2.75) is 25.6 Å². The van der Waals surface area contributed by atoms with E-state index >= 15 is 0 Å². The second kappa shape index (κ2) is 8.51. The Morgan fingerprint density at radius 3 is 2.35 bits per heavy atom. The molecule has 0 aliphatic carbocycles. The Balaban J connectivity index is 2.14. The van der Waals surface area contributed by atoms with Gasteiger partial charge in [-0.3, -0.25) is 4.79 Å². The van der Waals surface area contributed by atoms with Crippen molar-refractivity contribution in [2.75, 3.05) is 6.61 Å². The Bertz CT molecular complexity index is 757. The van der Waals surface area contributed by atoms with Crippen LogP contribution in [0.2, 0.25) is 0 Å². The maximum atomic E-state index is 12.8. The summed E-state index contributed by atoms with van der Waals surface area (Å²) in [5, 5.41) is 0. The first kappa shape index (κ1) is 19.5. The molecule has 138 valence electrons. The van der Waals surface area contributed by atoms with Crippen LogP contribution in [-0.4, -0.2) is 18.5 Å². The predicted octanol–water partition coefficient (Wildman–Crippen LogP) is 4.10. The smallest absolute Gasteiger partial charge is 0.416 e. The number of carbonyl (C=O) groups excluding carboxylic acids is 2. The zero-order valence-corrected chi connectivity index (χ0v) is 14.0. The Morgan fingerprint density at radius 2 is 1.73 bits per heavy atom. The summed E-state index contributed by atoms with van der Waals surface area (Å²) in [5.74, 6) is -1.57. The summed E-state index contributed by atoms with van der Waals surface area (Å²) >= 11 is 0. The van der Waals surface area contributed by atoms with E-state index in [4.69, 9.17) is 9.47 Å². The molecule has 2 aromatic rings. The molecule has 0 aliphatic rings. The van der Waals surface area contributed by atoms with Crippen LogP contribution in [0.1, 0.15) is 29.7 Å². The van der Waals surface area contributed by atoms with Crippen molar-refractivity contribution in [3.63, 3.8) is 0 Å². The fourth-order valence-electron chi connectivity index (χ4n) is 2.30. The second-order valence-corrected chi connectivity index (χ2v) is 5.41. The first-order chi connectivity index (χ1) is 12.3. The van der Waals surface area contributed by atoms with Crippen LogP contribution < -0.4 is 0 Å². The molecule has 0 N–H and O–H groups in total. The number of esters is 2. The molecule has 0 saturated carbocycles. The van der Waals surface area contributed by atoms with E-state index < -0.39 is 36.2 Å². The fourth-order valence-corrected chi connectivity index (χ4v) is 2.30. The number of ether oxygens (including phenoxy) is 2. The summed E-state index contributed by atoms with van der Waals surface area (Å²) in [4.78, 5) is 24.2. The zero-order chi connectivity index (χ0) is 19.2. The number of hydrogen-bond acceptors (Lipinski definition) is 4. The lowest BCUT2D eigenvalue weighted by Crippen LogP contribution is -2.23. The van der Waals surface area contributed by atoms with Crippen LogP contribution in [0, 0.1) is 0 Å². The maximum Gasteiger partial charge on any atom is 0.416 e. The Morgan fingerprint density at radius 1 is 1.04 bits per heavy atom. The minimum atomic E-state index is -4.50. The van der Waals surface area contributed by atoms with Crippen molar-refractivity contribution in [3.05, 3.63) is 71.3 Å². The summed E-state index contributed by atoms with van der Waals surface area (Å²) in [5.41, 5.74) is -0.295. The highest BCUT2D eigenvalue weighted by molar-refractivity contribution is 5.81. The van der Waals surface area contributed by atoms with Crippen LogP contribution in [-0.2, 0) is 31.7 Å². The van der Waals surface area contributed by atoms with Crippen molar-refractivity contribution in [1.29, 1.82) is 0 Å². The molecule has 2 aromatic carbocycles. The summed E-state index contributed by atoms with van der Waals surface area (Å²) in [6.45, 7) is 1.72. The van der Waals surface area contributed by atoms with Gasteiger partial charge in [0.1, 0.15) is 0 Å². The fraction of sp³-hybridized carbons (Fsp3) is 0.263. The van der Waals surface area contributed by atoms with Crippen LogP contribution >= 0.6 is 0 Å². The van der Waals surface area contributed by atoms with Gasteiger partial charge in [-0.1, -0.05) is 48.5 Å². The van der Waals surface area contributed by atoms with E-state index in [0.717, 1.165) is 12.1 Å². The highest BCUT2D eigenvalue weighted by Crippen LogP contribution is 2.29. The largest absolute Gasteiger partial charge is 0.463 e. The number of rotatable bonds is 6. The molecule has 0 aromatic heterocycles. The van der Waals surface area contributed by atoms with E-state index in [1.165, 1.54) is 12.1 Å². The van der Waals surface area contributed by atoms with Gasteiger partial charge in [0.2, 0.25) is 6.10 Å². The molecule has 7 heteroatoms. The van der Waals surface area contributed by atoms with Crippen LogP contribution in [0.5, 0.6) is 0 Å². The van der Waals surface area contributed by atoms with E-state index in [0.29, 0.717) is 5.56 Å². The van der Waals surface area contributed by atoms with Gasteiger partial charge in [0.05, 0.1) is 18.6 Å². The number of hydrogen-bond donors (Lipinski definition) is 0. The molecule has 0 fully saturated rings. The third kappa shape index (κ3) is 5.34. The number of alkyl halides is 3. The number of halogens is 3. The molecule has 0 amide bonds. The summed E-state index contributed by atoms with van der Waals surface area (Å²) < 4.78 is 48.3. The summed E-state index contributed by atoms with van der Waals surface area (Å²) in [6, 6.07) is 12.7. The van der Waals surface area contributed by atoms with E-state index in [9.17, 15) is 22.8 Å². The van der Waals surface area contributed by atoms with Gasteiger partial charge >= 0.3 is 18.1 Å². The topological polar surface area (TPSA) is 52.6 Å². The predicted molar refractivity (Wildman–Crippen MR) is 87.1 cm³/mol. The van der Waals surface area contributed by atoms with E-state index in [1.54, 1.807) is 37.3 Å². The van der Waals surface area contributed by atoms with Crippen LogP contribution in [0.25, 0.3) is 0 Å². The summed E-state index contributed by atoms with van der Waals surface area (Å²) in [7, 11) is 0. The van der Waals surface area contributed by atoms with Crippen molar-refractivity contribution in [2.24, 2.45) is 0 Å². The molecule has 0 heterocycles. The third-order valence-corrected chi connectivity index (χ3v) is 3.46. The van der Waals surface area contributed by atoms with Gasteiger partial charge in [-0.15, -0.1) is 0 Å². The SMILES string of the molecule is CCOC(=O)C(OC(=O)Cc1cccc(C(F)(F)F)c1)c1ccccc1. The van der Waals surface area contributed by atoms with Crippen LogP contribution in [0.15, 0.2) is 54.6 Å². The van der Waals surface area contributed by atoms with Crippen molar-refractivity contribution >= 4 is 11.9 Å².